The highest BCUT2D eigenvalue weighted by Crippen LogP contribution is 2.44. The highest BCUT2D eigenvalue weighted by molar-refractivity contribution is 7.80. The van der Waals surface area contributed by atoms with Crippen molar-refractivity contribution in [2.75, 3.05) is 0 Å². The molecule has 1 saturated heterocycles. The summed E-state index contributed by atoms with van der Waals surface area (Å²) in [5.41, 5.74) is 6.14. The molecule has 2 aliphatic rings. The van der Waals surface area contributed by atoms with Crippen LogP contribution in [0.4, 0.5) is 0 Å². The van der Waals surface area contributed by atoms with Crippen molar-refractivity contribution >= 4 is 28.1 Å². The largest absolute Gasteiger partial charge is 0.352 e. The van der Waals surface area contributed by atoms with Gasteiger partial charge >= 0.3 is 0 Å². The van der Waals surface area contributed by atoms with Crippen molar-refractivity contribution in [2.24, 2.45) is 0 Å². The smallest absolute Gasteiger partial charge is 0.170 e. The van der Waals surface area contributed by atoms with Gasteiger partial charge in [0.05, 0.1) is 23.5 Å². The summed E-state index contributed by atoms with van der Waals surface area (Å²) in [6.07, 6.45) is 8.18. The van der Waals surface area contributed by atoms with E-state index < -0.39 is 0 Å². The first kappa shape index (κ1) is 22.3. The maximum Gasteiger partial charge on any atom is 0.170 e. The predicted octanol–water partition coefficient (Wildman–Crippen LogP) is 6.95. The lowest BCUT2D eigenvalue weighted by atomic mass is 9.90. The summed E-state index contributed by atoms with van der Waals surface area (Å²) in [6.45, 7) is 4.49. The Morgan fingerprint density at radius 3 is 2.49 bits per heavy atom. The van der Waals surface area contributed by atoms with Gasteiger partial charge in [-0.3, -0.25) is 4.98 Å². The molecule has 5 heteroatoms. The van der Waals surface area contributed by atoms with Gasteiger partial charge in [0.25, 0.3) is 0 Å². The minimum absolute atomic E-state index is 0.0343. The molecule has 2 unspecified atom stereocenters. The second kappa shape index (κ2) is 9.12. The topological polar surface area (TPSA) is 33.1 Å². The van der Waals surface area contributed by atoms with Crippen LogP contribution >= 0.6 is 12.2 Å². The van der Waals surface area contributed by atoms with Crippen molar-refractivity contribution in [3.05, 3.63) is 95.6 Å². The van der Waals surface area contributed by atoms with Gasteiger partial charge in [-0.05, 0) is 74.1 Å². The van der Waals surface area contributed by atoms with Crippen LogP contribution in [0.3, 0.4) is 0 Å². The van der Waals surface area contributed by atoms with Crippen LogP contribution in [-0.4, -0.2) is 25.6 Å². The number of benzene rings is 2. The first-order valence-electron chi connectivity index (χ1n) is 12.8. The molecule has 4 nitrogen and oxygen atoms in total. The number of pyridine rings is 1. The van der Waals surface area contributed by atoms with Gasteiger partial charge in [0, 0.05) is 29.0 Å². The Kier molecular flexibility index (Phi) is 5.81. The minimum atomic E-state index is 0.0343. The summed E-state index contributed by atoms with van der Waals surface area (Å²) in [4.78, 5) is 7.27. The molecule has 4 aromatic rings. The fourth-order valence-corrected chi connectivity index (χ4v) is 6.70. The third kappa shape index (κ3) is 3.82. The molecule has 0 spiro atoms. The lowest BCUT2D eigenvalue weighted by molar-refractivity contribution is 0.197. The number of hydrogen-bond acceptors (Lipinski definition) is 2. The molecule has 2 aromatic heterocycles. The van der Waals surface area contributed by atoms with Gasteiger partial charge in [-0.15, -0.1) is 0 Å². The highest BCUT2D eigenvalue weighted by atomic mass is 32.1. The number of hydrogen-bond donors (Lipinski definition) is 1. The molecule has 2 fully saturated rings. The first-order valence-corrected chi connectivity index (χ1v) is 13.2. The molecule has 0 amide bonds. The normalized spacial score (nSPS) is 21.0. The van der Waals surface area contributed by atoms with Gasteiger partial charge in [-0.25, -0.2) is 0 Å². The van der Waals surface area contributed by atoms with E-state index in [1.54, 1.807) is 0 Å². The molecule has 2 atom stereocenters. The maximum absolute atomic E-state index is 6.00. The van der Waals surface area contributed by atoms with Crippen LogP contribution in [0, 0.1) is 13.8 Å². The van der Waals surface area contributed by atoms with Crippen molar-refractivity contribution in [2.45, 2.75) is 64.1 Å². The molecule has 35 heavy (non-hydrogen) atoms. The van der Waals surface area contributed by atoms with Crippen LogP contribution in [0.1, 0.15) is 66.8 Å². The second-order valence-corrected chi connectivity index (χ2v) is 10.4. The van der Waals surface area contributed by atoms with Crippen LogP contribution in [0.5, 0.6) is 0 Å². The quantitative estimate of drug-likeness (QED) is 0.321. The van der Waals surface area contributed by atoms with E-state index in [-0.39, 0.29) is 12.1 Å². The van der Waals surface area contributed by atoms with Crippen LogP contribution in [-0.2, 0) is 0 Å². The minimum Gasteiger partial charge on any atom is -0.352 e. The molecule has 1 saturated carbocycles. The van der Waals surface area contributed by atoms with Gasteiger partial charge in [-0.2, -0.15) is 0 Å². The number of thiocarbonyl (C=S) groups is 1. The average molecular weight is 481 g/mol. The molecule has 1 aliphatic carbocycles. The number of rotatable bonds is 4. The molecular formula is C30H32N4S. The Bertz CT molecular complexity index is 1360. The molecule has 2 aromatic carbocycles. The highest BCUT2D eigenvalue weighted by Gasteiger charge is 2.44. The molecule has 1 N–H and O–H groups in total. The first-order chi connectivity index (χ1) is 17.1. The van der Waals surface area contributed by atoms with Crippen molar-refractivity contribution in [3.8, 4) is 5.69 Å². The summed E-state index contributed by atoms with van der Waals surface area (Å²) >= 11 is 6.00. The van der Waals surface area contributed by atoms with E-state index in [0.717, 1.165) is 10.8 Å². The fourth-order valence-electron chi connectivity index (χ4n) is 6.31. The van der Waals surface area contributed by atoms with E-state index in [1.807, 2.05) is 12.3 Å². The molecule has 6 rings (SSSR count). The number of aryl methyl sites for hydroxylation is 1. The van der Waals surface area contributed by atoms with Gasteiger partial charge in [0.1, 0.15) is 0 Å². The number of fused-ring (bicyclic) bond motifs is 1. The molecule has 1 aliphatic heterocycles. The molecule has 178 valence electrons. The van der Waals surface area contributed by atoms with E-state index in [0.29, 0.717) is 6.04 Å². The van der Waals surface area contributed by atoms with Crippen LogP contribution in [0.25, 0.3) is 16.5 Å². The van der Waals surface area contributed by atoms with E-state index in [1.165, 1.54) is 65.5 Å². The zero-order chi connectivity index (χ0) is 23.9. The maximum atomic E-state index is 6.00. The Hall–Kier alpha value is -3.18. The van der Waals surface area contributed by atoms with E-state index in [9.17, 15) is 0 Å². The zero-order valence-corrected chi connectivity index (χ0v) is 21.3. The second-order valence-electron chi connectivity index (χ2n) is 9.99. The van der Waals surface area contributed by atoms with Crippen LogP contribution < -0.4 is 5.32 Å². The van der Waals surface area contributed by atoms with Crippen molar-refractivity contribution in [1.82, 2.24) is 19.8 Å². The van der Waals surface area contributed by atoms with E-state index >= 15 is 0 Å². The summed E-state index contributed by atoms with van der Waals surface area (Å²) in [5.74, 6) is 0. The van der Waals surface area contributed by atoms with E-state index in [4.69, 9.17) is 17.2 Å². The number of aromatic nitrogens is 2. The van der Waals surface area contributed by atoms with Crippen LogP contribution in [0.2, 0.25) is 0 Å². The third-order valence-electron chi connectivity index (χ3n) is 7.90. The average Bonchev–Trinajstić information content (AvgIpc) is 3.39. The van der Waals surface area contributed by atoms with Gasteiger partial charge in [-0.1, -0.05) is 61.7 Å². The van der Waals surface area contributed by atoms with Crippen molar-refractivity contribution in [3.63, 3.8) is 0 Å². The van der Waals surface area contributed by atoms with Gasteiger partial charge < -0.3 is 14.8 Å². The lowest BCUT2D eigenvalue weighted by Crippen LogP contribution is -2.40. The van der Waals surface area contributed by atoms with Gasteiger partial charge in [0.15, 0.2) is 5.11 Å². The number of nitrogens with one attached hydrogen (secondary N) is 1. The number of nitrogens with zero attached hydrogens (tertiary/aromatic N) is 3. The predicted molar refractivity (Wildman–Crippen MR) is 147 cm³/mol. The fraction of sp³-hybridized carbons (Fsp3) is 0.333. The Labute approximate surface area is 213 Å². The van der Waals surface area contributed by atoms with Crippen molar-refractivity contribution in [1.29, 1.82) is 0 Å². The molecular weight excluding hydrogens is 448 g/mol. The lowest BCUT2D eigenvalue weighted by Gasteiger charge is -2.37. The Morgan fingerprint density at radius 1 is 0.914 bits per heavy atom. The zero-order valence-electron chi connectivity index (χ0n) is 20.4. The Balaban J connectivity index is 1.51. The SMILES string of the molecule is Cc1cc(C2C(c3ccccn3)NC(=S)N2C2CCCCC2)c(C)n1-c1cccc2ccccc12. The van der Waals surface area contributed by atoms with Gasteiger partial charge in [0.2, 0.25) is 0 Å². The van der Waals surface area contributed by atoms with E-state index in [2.05, 4.69) is 89.3 Å². The summed E-state index contributed by atoms with van der Waals surface area (Å²) in [7, 11) is 0. The standard InChI is InChI=1S/C30H32N4S/c1-20-19-25(21(2)33(20)27-17-10-12-22-11-6-7-15-24(22)27)29-28(26-16-8-9-18-31-26)32-30(35)34(29)23-13-4-3-5-14-23/h6-12,15-19,23,28-29H,3-5,13-14H2,1-2H3,(H,32,35). The summed E-state index contributed by atoms with van der Waals surface area (Å²) < 4.78 is 2.42. The third-order valence-corrected chi connectivity index (χ3v) is 8.23. The molecule has 0 bridgehead atoms. The Morgan fingerprint density at radius 2 is 1.69 bits per heavy atom. The molecule has 0 radical (unpaired) electrons. The monoisotopic (exact) mass is 480 g/mol. The summed E-state index contributed by atoms with van der Waals surface area (Å²) in [6, 6.07) is 24.4. The van der Waals surface area contributed by atoms with Crippen molar-refractivity contribution < 1.29 is 0 Å². The molecule has 3 heterocycles. The van der Waals surface area contributed by atoms with Crippen LogP contribution in [0.15, 0.2) is 72.9 Å². The summed E-state index contributed by atoms with van der Waals surface area (Å²) in [5, 5.41) is 7.08.